The summed E-state index contributed by atoms with van der Waals surface area (Å²) in [4.78, 5) is 0. The van der Waals surface area contributed by atoms with Gasteiger partial charge in [-0.1, -0.05) is 43.4 Å². The van der Waals surface area contributed by atoms with Gasteiger partial charge in [-0.3, -0.25) is 0 Å². The van der Waals surface area contributed by atoms with Crippen LogP contribution in [-0.4, -0.2) is 0 Å². The first-order chi connectivity index (χ1) is 5.43. The van der Waals surface area contributed by atoms with Gasteiger partial charge >= 0.3 is 0 Å². The lowest BCUT2D eigenvalue weighted by atomic mass is 10.1. The van der Waals surface area contributed by atoms with Crippen molar-refractivity contribution in [3.8, 4) is 0 Å². The Balaban J connectivity index is 2.19. The molecule has 1 aliphatic rings. The molecule has 1 rings (SSSR count). The molecule has 0 bridgehead atoms. The molecule has 0 N–H and O–H groups in total. The molecule has 0 heterocycles. The molecule has 0 fully saturated rings. The van der Waals surface area contributed by atoms with Gasteiger partial charge in [-0.2, -0.15) is 0 Å². The normalized spacial score (nSPS) is 19.4. The molecule has 0 aromatic heterocycles. The van der Waals surface area contributed by atoms with Crippen molar-refractivity contribution in [1.29, 1.82) is 0 Å². The molecule has 0 heteroatoms. The molecule has 0 aromatic carbocycles. The molecule has 0 radical (unpaired) electrons. The maximum Gasteiger partial charge on any atom is -0.0161 e. The van der Waals surface area contributed by atoms with E-state index in [0.717, 1.165) is 12.3 Å². The van der Waals surface area contributed by atoms with Crippen LogP contribution in [-0.2, 0) is 0 Å². The van der Waals surface area contributed by atoms with Crippen LogP contribution in [0.2, 0.25) is 0 Å². The smallest absolute Gasteiger partial charge is 0.0161 e. The van der Waals surface area contributed by atoms with Crippen molar-refractivity contribution < 1.29 is 0 Å². The summed E-state index contributed by atoms with van der Waals surface area (Å²) in [5.41, 5.74) is 0. The van der Waals surface area contributed by atoms with E-state index in [2.05, 4.69) is 43.4 Å². The highest BCUT2D eigenvalue weighted by Gasteiger charge is 2.03. The number of hydrogen-bond acceptors (Lipinski definition) is 0. The minimum absolute atomic E-state index is 0.775. The Kier molecular flexibility index (Phi) is 3.74. The van der Waals surface area contributed by atoms with Crippen molar-refractivity contribution in [3.63, 3.8) is 0 Å². The summed E-state index contributed by atoms with van der Waals surface area (Å²) in [5.74, 6) is 0.775. The summed E-state index contributed by atoms with van der Waals surface area (Å²) in [5, 5.41) is 0. The molecule has 0 atom stereocenters. The summed E-state index contributed by atoms with van der Waals surface area (Å²) in [6.45, 7) is 2.15. The molecule has 0 saturated carbocycles. The van der Waals surface area contributed by atoms with Crippen LogP contribution in [0, 0.1) is 5.92 Å². The van der Waals surface area contributed by atoms with Gasteiger partial charge in [0.25, 0.3) is 0 Å². The Bertz CT molecular complexity index is 164. The van der Waals surface area contributed by atoms with Crippen molar-refractivity contribution in [2.45, 2.75) is 26.2 Å². The zero-order valence-electron chi connectivity index (χ0n) is 7.16. The third-order valence-electron chi connectivity index (χ3n) is 1.91. The third-order valence-corrected chi connectivity index (χ3v) is 1.91. The fourth-order valence-corrected chi connectivity index (χ4v) is 1.23. The lowest BCUT2D eigenvalue weighted by molar-refractivity contribution is 0.716. The molecule has 0 spiro atoms. The summed E-state index contributed by atoms with van der Waals surface area (Å²) in [7, 11) is 0. The molecule has 0 amide bonds. The lowest BCUT2D eigenvalue weighted by Gasteiger charge is -1.97. The van der Waals surface area contributed by atoms with Gasteiger partial charge in [-0.05, 0) is 25.2 Å². The van der Waals surface area contributed by atoms with E-state index in [1.807, 2.05) is 0 Å². The van der Waals surface area contributed by atoms with E-state index >= 15 is 0 Å². The highest BCUT2D eigenvalue weighted by atomic mass is 14.1. The van der Waals surface area contributed by atoms with Crippen molar-refractivity contribution in [2.24, 2.45) is 5.92 Å². The number of hydrogen-bond donors (Lipinski definition) is 0. The van der Waals surface area contributed by atoms with Crippen molar-refractivity contribution in [1.82, 2.24) is 0 Å². The first-order valence-electron chi connectivity index (χ1n) is 4.42. The molecule has 60 valence electrons. The maximum atomic E-state index is 2.30. The second-order valence-corrected chi connectivity index (χ2v) is 2.92. The van der Waals surface area contributed by atoms with Gasteiger partial charge in [0.05, 0.1) is 0 Å². The van der Waals surface area contributed by atoms with E-state index in [1.54, 1.807) is 0 Å². The number of allylic oxidation sites excluding steroid dienone is 6. The van der Waals surface area contributed by atoms with Gasteiger partial charge in [-0.15, -0.1) is 0 Å². The Morgan fingerprint density at radius 2 is 2.00 bits per heavy atom. The van der Waals surface area contributed by atoms with Crippen molar-refractivity contribution >= 4 is 0 Å². The minimum atomic E-state index is 0.775. The summed E-state index contributed by atoms with van der Waals surface area (Å²) >= 11 is 0. The van der Waals surface area contributed by atoms with E-state index in [1.165, 1.54) is 12.8 Å². The Morgan fingerprint density at radius 3 is 2.64 bits per heavy atom. The summed E-state index contributed by atoms with van der Waals surface area (Å²) in [6, 6.07) is 0. The highest BCUT2D eigenvalue weighted by Crippen LogP contribution is 2.18. The molecule has 0 nitrogen and oxygen atoms in total. The van der Waals surface area contributed by atoms with Crippen LogP contribution in [0.4, 0.5) is 0 Å². The van der Waals surface area contributed by atoms with Crippen molar-refractivity contribution in [3.05, 3.63) is 36.5 Å². The topological polar surface area (TPSA) is 0 Å². The molecule has 0 saturated heterocycles. The quantitative estimate of drug-likeness (QED) is 0.424. The maximum absolute atomic E-state index is 2.30. The van der Waals surface area contributed by atoms with Crippen LogP contribution in [0.3, 0.4) is 0 Å². The van der Waals surface area contributed by atoms with Gasteiger partial charge in [0, 0.05) is 0 Å². The monoisotopic (exact) mass is 148 g/mol. The standard InChI is InChI=1S/C11H16/c1-2-3-4-5-8-11-9-6-7-10-11/h3-8,11H,2,9-10H2,1H3/b4-3+,8-5+. The van der Waals surface area contributed by atoms with Gasteiger partial charge in [-0.25, -0.2) is 0 Å². The zero-order chi connectivity index (χ0) is 7.94. The molecule has 0 aliphatic heterocycles. The fourth-order valence-electron chi connectivity index (χ4n) is 1.23. The molecule has 1 aliphatic carbocycles. The lowest BCUT2D eigenvalue weighted by Crippen LogP contribution is -1.84. The van der Waals surface area contributed by atoms with E-state index in [9.17, 15) is 0 Å². The van der Waals surface area contributed by atoms with Crippen LogP contribution in [0.5, 0.6) is 0 Å². The minimum Gasteiger partial charge on any atom is -0.0879 e. The van der Waals surface area contributed by atoms with Crippen LogP contribution in [0.1, 0.15) is 26.2 Å². The van der Waals surface area contributed by atoms with Gasteiger partial charge in [0.2, 0.25) is 0 Å². The predicted octanol–water partition coefficient (Wildman–Crippen LogP) is 3.48. The first kappa shape index (κ1) is 8.32. The molecule has 0 unspecified atom stereocenters. The average molecular weight is 148 g/mol. The first-order valence-corrected chi connectivity index (χ1v) is 4.42. The summed E-state index contributed by atoms with van der Waals surface area (Å²) in [6.07, 6.45) is 16.9. The van der Waals surface area contributed by atoms with Crippen LogP contribution in [0.25, 0.3) is 0 Å². The Labute approximate surface area is 69.3 Å². The average Bonchev–Trinajstić information content (AvgIpc) is 2.50. The van der Waals surface area contributed by atoms with Crippen LogP contribution < -0.4 is 0 Å². The third kappa shape index (κ3) is 3.22. The van der Waals surface area contributed by atoms with E-state index < -0.39 is 0 Å². The Hall–Kier alpha value is -0.780. The molecule has 11 heavy (non-hydrogen) atoms. The second kappa shape index (κ2) is 4.95. The molecular formula is C11H16. The molecular weight excluding hydrogens is 132 g/mol. The van der Waals surface area contributed by atoms with Crippen molar-refractivity contribution in [2.75, 3.05) is 0 Å². The van der Waals surface area contributed by atoms with Crippen LogP contribution in [0.15, 0.2) is 36.5 Å². The largest absolute Gasteiger partial charge is 0.0879 e. The summed E-state index contributed by atoms with van der Waals surface area (Å²) < 4.78 is 0. The predicted molar refractivity (Wildman–Crippen MR) is 50.4 cm³/mol. The molecule has 0 aromatic rings. The SMILES string of the molecule is CC/C=C/C=C/C1CC=CC1. The van der Waals surface area contributed by atoms with Gasteiger partial charge in [0.1, 0.15) is 0 Å². The fraction of sp³-hybridized carbons (Fsp3) is 0.455. The zero-order valence-corrected chi connectivity index (χ0v) is 7.16. The Morgan fingerprint density at radius 1 is 1.27 bits per heavy atom. The van der Waals surface area contributed by atoms with E-state index in [-0.39, 0.29) is 0 Å². The second-order valence-electron chi connectivity index (χ2n) is 2.92. The van der Waals surface area contributed by atoms with E-state index in [0.29, 0.717) is 0 Å². The van der Waals surface area contributed by atoms with Gasteiger partial charge in [0.15, 0.2) is 0 Å². The van der Waals surface area contributed by atoms with E-state index in [4.69, 9.17) is 0 Å². The highest BCUT2D eigenvalue weighted by molar-refractivity contribution is 5.08. The van der Waals surface area contributed by atoms with Gasteiger partial charge < -0.3 is 0 Å². The number of rotatable bonds is 3. The van der Waals surface area contributed by atoms with Crippen LogP contribution >= 0.6 is 0 Å².